The van der Waals surface area contributed by atoms with Gasteiger partial charge >= 0.3 is 0 Å². The highest BCUT2D eigenvalue weighted by Crippen LogP contribution is 2.46. The van der Waals surface area contributed by atoms with Crippen LogP contribution in [0.4, 0.5) is 0 Å². The molecule has 0 aliphatic heterocycles. The molecule has 3 N–H and O–H groups in total. The fourth-order valence-corrected chi connectivity index (χ4v) is 2.44. The summed E-state index contributed by atoms with van der Waals surface area (Å²) in [5, 5.41) is 2.98. The number of amides is 1. The van der Waals surface area contributed by atoms with Gasteiger partial charge in [-0.2, -0.15) is 0 Å². The summed E-state index contributed by atoms with van der Waals surface area (Å²) in [6, 6.07) is 7.83. The van der Waals surface area contributed by atoms with Crippen molar-refractivity contribution in [2.75, 3.05) is 0 Å². The van der Waals surface area contributed by atoms with E-state index in [0.29, 0.717) is 4.99 Å². The van der Waals surface area contributed by atoms with Crippen molar-refractivity contribution in [2.45, 2.75) is 25.8 Å². The minimum absolute atomic E-state index is 0.0441. The molecule has 96 valence electrons. The van der Waals surface area contributed by atoms with Gasteiger partial charge in [0, 0.05) is 4.47 Å². The normalized spacial score (nSPS) is 17.9. The lowest BCUT2D eigenvalue weighted by Gasteiger charge is -2.19. The molecule has 1 unspecified atom stereocenters. The fourth-order valence-electron chi connectivity index (χ4n) is 1.88. The van der Waals surface area contributed by atoms with E-state index in [0.717, 1.165) is 22.9 Å². The standard InChI is InChI=1S/C13H15BrN2OS/c1-8(9-2-4-10(14)5-3-9)16-12(17)13(6-7-13)11(15)18/h2-5,8H,6-7H2,1H3,(H2,15,18)(H,16,17). The number of nitrogens with one attached hydrogen (secondary N) is 1. The van der Waals surface area contributed by atoms with Gasteiger partial charge in [0.15, 0.2) is 0 Å². The summed E-state index contributed by atoms with van der Waals surface area (Å²) in [4.78, 5) is 12.4. The number of thiocarbonyl (C=S) groups is 1. The Morgan fingerprint density at radius 3 is 2.44 bits per heavy atom. The monoisotopic (exact) mass is 326 g/mol. The fraction of sp³-hybridized carbons (Fsp3) is 0.385. The lowest BCUT2D eigenvalue weighted by atomic mass is 10.0. The van der Waals surface area contributed by atoms with Crippen LogP contribution in [0.2, 0.25) is 0 Å². The Kier molecular flexibility index (Phi) is 3.73. The first-order valence-corrected chi connectivity index (χ1v) is 7.02. The zero-order valence-corrected chi connectivity index (χ0v) is 12.5. The maximum absolute atomic E-state index is 12.1. The Morgan fingerprint density at radius 1 is 1.44 bits per heavy atom. The van der Waals surface area contributed by atoms with Crippen molar-refractivity contribution in [3.63, 3.8) is 0 Å². The second-order valence-corrected chi connectivity index (χ2v) is 6.05. The van der Waals surface area contributed by atoms with Gasteiger partial charge < -0.3 is 11.1 Å². The molecule has 0 saturated heterocycles. The van der Waals surface area contributed by atoms with E-state index in [2.05, 4.69) is 21.2 Å². The summed E-state index contributed by atoms with van der Waals surface area (Å²) in [5.41, 5.74) is 6.11. The van der Waals surface area contributed by atoms with Crippen molar-refractivity contribution in [3.05, 3.63) is 34.3 Å². The maximum Gasteiger partial charge on any atom is 0.233 e. The predicted octanol–water partition coefficient (Wildman–Crippen LogP) is 2.69. The highest BCUT2D eigenvalue weighted by atomic mass is 79.9. The average molecular weight is 327 g/mol. The molecule has 0 aromatic heterocycles. The van der Waals surface area contributed by atoms with Gasteiger partial charge in [-0.15, -0.1) is 0 Å². The van der Waals surface area contributed by atoms with Gasteiger partial charge in [-0.05, 0) is 37.5 Å². The van der Waals surface area contributed by atoms with Crippen molar-refractivity contribution in [2.24, 2.45) is 11.1 Å². The Morgan fingerprint density at radius 2 is 2.00 bits per heavy atom. The number of hydrogen-bond acceptors (Lipinski definition) is 2. The summed E-state index contributed by atoms with van der Waals surface area (Å²) in [7, 11) is 0. The smallest absolute Gasteiger partial charge is 0.233 e. The van der Waals surface area contributed by atoms with Crippen molar-refractivity contribution in [1.82, 2.24) is 5.32 Å². The van der Waals surface area contributed by atoms with Gasteiger partial charge in [0.2, 0.25) is 5.91 Å². The Hall–Kier alpha value is -0.940. The molecule has 3 nitrogen and oxygen atoms in total. The first-order chi connectivity index (χ1) is 8.45. The molecule has 1 amide bonds. The molecule has 0 spiro atoms. The Bertz CT molecular complexity index is 482. The summed E-state index contributed by atoms with van der Waals surface area (Å²) < 4.78 is 1.02. The van der Waals surface area contributed by atoms with Crippen molar-refractivity contribution in [1.29, 1.82) is 0 Å². The van der Waals surface area contributed by atoms with E-state index in [1.54, 1.807) is 0 Å². The lowest BCUT2D eigenvalue weighted by molar-refractivity contribution is -0.124. The number of halogens is 1. The molecule has 0 bridgehead atoms. The minimum atomic E-state index is -0.584. The quantitative estimate of drug-likeness (QED) is 0.836. The van der Waals surface area contributed by atoms with Crippen molar-refractivity contribution < 1.29 is 4.79 Å². The SMILES string of the molecule is CC(NC(=O)C1(C(N)=S)CC1)c1ccc(Br)cc1. The molecule has 0 radical (unpaired) electrons. The van der Waals surface area contributed by atoms with Crippen LogP contribution >= 0.6 is 28.1 Å². The van der Waals surface area contributed by atoms with Crippen LogP contribution < -0.4 is 11.1 Å². The first-order valence-electron chi connectivity index (χ1n) is 5.82. The molecule has 1 fully saturated rings. The first kappa shape index (κ1) is 13.5. The lowest BCUT2D eigenvalue weighted by Crippen LogP contribution is -2.40. The van der Waals surface area contributed by atoms with E-state index < -0.39 is 5.41 Å². The molecule has 5 heteroatoms. The highest BCUT2D eigenvalue weighted by Gasteiger charge is 2.52. The van der Waals surface area contributed by atoms with Gasteiger partial charge in [0.25, 0.3) is 0 Å². The number of carbonyl (C=O) groups excluding carboxylic acids is 1. The second kappa shape index (κ2) is 4.97. The molecule has 1 aromatic carbocycles. The average Bonchev–Trinajstić information content (AvgIpc) is 3.10. The number of nitrogens with two attached hydrogens (primary N) is 1. The van der Waals surface area contributed by atoms with Crippen LogP contribution in [0.25, 0.3) is 0 Å². The minimum Gasteiger partial charge on any atom is -0.392 e. The Balaban J connectivity index is 2.04. The van der Waals surface area contributed by atoms with Crippen molar-refractivity contribution in [3.8, 4) is 0 Å². The van der Waals surface area contributed by atoms with Crippen LogP contribution in [-0.4, -0.2) is 10.9 Å². The van der Waals surface area contributed by atoms with E-state index in [9.17, 15) is 4.79 Å². The molecule has 1 aliphatic carbocycles. The molecule has 1 aliphatic rings. The van der Waals surface area contributed by atoms with E-state index in [-0.39, 0.29) is 11.9 Å². The van der Waals surface area contributed by atoms with Crippen LogP contribution in [0.5, 0.6) is 0 Å². The number of rotatable bonds is 4. The molecule has 2 rings (SSSR count). The molecule has 1 atom stereocenters. The van der Waals surface area contributed by atoms with Crippen LogP contribution in [-0.2, 0) is 4.79 Å². The predicted molar refractivity (Wildman–Crippen MR) is 79.2 cm³/mol. The molecule has 18 heavy (non-hydrogen) atoms. The van der Waals surface area contributed by atoms with Gasteiger partial charge in [-0.3, -0.25) is 4.79 Å². The van der Waals surface area contributed by atoms with Gasteiger partial charge in [0.05, 0.1) is 16.4 Å². The number of benzene rings is 1. The van der Waals surface area contributed by atoms with Crippen LogP contribution in [0.3, 0.4) is 0 Å². The van der Waals surface area contributed by atoms with E-state index in [4.69, 9.17) is 18.0 Å². The third-order valence-electron chi connectivity index (χ3n) is 3.37. The molecular weight excluding hydrogens is 312 g/mol. The van der Waals surface area contributed by atoms with Gasteiger partial charge in [0.1, 0.15) is 0 Å². The number of hydrogen-bond donors (Lipinski definition) is 2. The molecule has 1 aromatic rings. The largest absolute Gasteiger partial charge is 0.392 e. The second-order valence-electron chi connectivity index (χ2n) is 4.69. The zero-order chi connectivity index (χ0) is 13.3. The van der Waals surface area contributed by atoms with Crippen LogP contribution in [0.15, 0.2) is 28.7 Å². The Labute approximate surface area is 120 Å². The van der Waals surface area contributed by atoms with Gasteiger partial charge in [-0.1, -0.05) is 40.3 Å². The van der Waals surface area contributed by atoms with Gasteiger partial charge in [-0.25, -0.2) is 0 Å². The third kappa shape index (κ3) is 2.57. The van der Waals surface area contributed by atoms with E-state index in [1.807, 2.05) is 31.2 Å². The van der Waals surface area contributed by atoms with E-state index in [1.165, 1.54) is 0 Å². The van der Waals surface area contributed by atoms with Crippen LogP contribution in [0.1, 0.15) is 31.4 Å². The highest BCUT2D eigenvalue weighted by molar-refractivity contribution is 9.10. The summed E-state index contributed by atoms with van der Waals surface area (Å²) in [6.45, 7) is 1.96. The topological polar surface area (TPSA) is 55.1 Å². The molecule has 1 saturated carbocycles. The molecule has 0 heterocycles. The van der Waals surface area contributed by atoms with Crippen molar-refractivity contribution >= 4 is 39.0 Å². The third-order valence-corrected chi connectivity index (χ3v) is 4.29. The summed E-state index contributed by atoms with van der Waals surface area (Å²) in [5.74, 6) is -0.0505. The summed E-state index contributed by atoms with van der Waals surface area (Å²) >= 11 is 8.35. The zero-order valence-electron chi connectivity index (χ0n) is 10.1. The number of carbonyl (C=O) groups is 1. The maximum atomic E-state index is 12.1. The van der Waals surface area contributed by atoms with Crippen LogP contribution in [0, 0.1) is 5.41 Å². The molecular formula is C13H15BrN2OS. The van der Waals surface area contributed by atoms with E-state index >= 15 is 0 Å². The summed E-state index contributed by atoms with van der Waals surface area (Å²) in [6.07, 6.45) is 1.53.